The summed E-state index contributed by atoms with van der Waals surface area (Å²) in [6.45, 7) is 1.78. The Morgan fingerprint density at radius 1 is 1.29 bits per heavy atom. The van der Waals surface area contributed by atoms with E-state index in [1.807, 2.05) is 6.07 Å². The first kappa shape index (κ1) is 14.8. The molecule has 0 heterocycles. The van der Waals surface area contributed by atoms with Crippen molar-refractivity contribution >= 4 is 17.3 Å². The van der Waals surface area contributed by atoms with E-state index in [0.29, 0.717) is 11.4 Å². The number of nitrogen functional groups attached to an aromatic ring is 1. The molecule has 5 heteroatoms. The normalized spacial score (nSPS) is 11.8. The van der Waals surface area contributed by atoms with Crippen LogP contribution < -0.4 is 15.8 Å². The predicted octanol–water partition coefficient (Wildman–Crippen LogP) is 3.16. The molecule has 2 aromatic rings. The number of hydrogen-bond acceptors (Lipinski definition) is 3. The van der Waals surface area contributed by atoms with Crippen LogP contribution in [-0.4, -0.2) is 13.0 Å². The third kappa shape index (κ3) is 3.51. The van der Waals surface area contributed by atoms with E-state index in [1.54, 1.807) is 25.1 Å². The van der Waals surface area contributed by atoms with Crippen LogP contribution in [0.15, 0.2) is 42.5 Å². The van der Waals surface area contributed by atoms with Gasteiger partial charge >= 0.3 is 0 Å². The largest absolute Gasteiger partial charge is 0.494 e. The Bertz CT molecular complexity index is 658. The third-order valence-electron chi connectivity index (χ3n) is 3.23. The number of hydrogen-bond donors (Lipinski definition) is 2. The van der Waals surface area contributed by atoms with E-state index in [9.17, 15) is 9.18 Å². The maximum absolute atomic E-state index is 13.1. The predicted molar refractivity (Wildman–Crippen MR) is 80.9 cm³/mol. The second kappa shape index (κ2) is 6.26. The maximum Gasteiger partial charge on any atom is 0.231 e. The SMILES string of the molecule is COc1cc(F)ccc1NC(=O)C(C)c1cccc(N)c1. The van der Waals surface area contributed by atoms with Crippen LogP contribution in [0.5, 0.6) is 5.75 Å². The van der Waals surface area contributed by atoms with Crippen molar-refractivity contribution in [3.63, 3.8) is 0 Å². The summed E-state index contributed by atoms with van der Waals surface area (Å²) in [6, 6.07) is 11.1. The number of carbonyl (C=O) groups excluding carboxylic acids is 1. The van der Waals surface area contributed by atoms with Gasteiger partial charge in [-0.2, -0.15) is 0 Å². The van der Waals surface area contributed by atoms with Crippen molar-refractivity contribution in [2.75, 3.05) is 18.2 Å². The highest BCUT2D eigenvalue weighted by Gasteiger charge is 2.17. The zero-order chi connectivity index (χ0) is 15.4. The molecule has 3 N–H and O–H groups in total. The Morgan fingerprint density at radius 2 is 2.05 bits per heavy atom. The molecular formula is C16H17FN2O2. The zero-order valence-electron chi connectivity index (χ0n) is 11.9. The number of anilines is 2. The molecule has 0 aliphatic rings. The van der Waals surface area contributed by atoms with E-state index in [2.05, 4.69) is 5.32 Å². The third-order valence-corrected chi connectivity index (χ3v) is 3.23. The van der Waals surface area contributed by atoms with Crippen LogP contribution >= 0.6 is 0 Å². The van der Waals surface area contributed by atoms with Gasteiger partial charge in [0, 0.05) is 11.8 Å². The number of rotatable bonds is 4. The highest BCUT2D eigenvalue weighted by molar-refractivity contribution is 5.96. The van der Waals surface area contributed by atoms with Crippen LogP contribution in [-0.2, 0) is 4.79 Å². The molecule has 4 nitrogen and oxygen atoms in total. The molecule has 0 spiro atoms. The smallest absolute Gasteiger partial charge is 0.231 e. The fraction of sp³-hybridized carbons (Fsp3) is 0.188. The molecular weight excluding hydrogens is 271 g/mol. The Morgan fingerprint density at radius 3 is 2.71 bits per heavy atom. The number of benzene rings is 2. The average Bonchev–Trinajstić information content (AvgIpc) is 2.48. The van der Waals surface area contributed by atoms with Gasteiger partial charge in [0.25, 0.3) is 0 Å². The first-order valence-electron chi connectivity index (χ1n) is 6.51. The van der Waals surface area contributed by atoms with Gasteiger partial charge in [0.1, 0.15) is 11.6 Å². The summed E-state index contributed by atoms with van der Waals surface area (Å²) in [6.07, 6.45) is 0. The molecule has 1 atom stereocenters. The summed E-state index contributed by atoms with van der Waals surface area (Å²) in [5.74, 6) is -0.745. The van der Waals surface area contributed by atoms with Crippen LogP contribution in [0.1, 0.15) is 18.4 Å². The Kier molecular flexibility index (Phi) is 4.42. The molecule has 0 aliphatic carbocycles. The van der Waals surface area contributed by atoms with Gasteiger partial charge in [-0.05, 0) is 36.8 Å². The van der Waals surface area contributed by atoms with Gasteiger partial charge in [0.05, 0.1) is 18.7 Å². The molecule has 2 aromatic carbocycles. The molecule has 1 amide bonds. The van der Waals surface area contributed by atoms with Gasteiger partial charge in [-0.3, -0.25) is 4.79 Å². The van der Waals surface area contributed by atoms with Gasteiger partial charge in [-0.25, -0.2) is 4.39 Å². The van der Waals surface area contributed by atoms with E-state index >= 15 is 0 Å². The number of amides is 1. The first-order valence-corrected chi connectivity index (χ1v) is 6.51. The molecule has 2 rings (SSSR count). The van der Waals surface area contributed by atoms with Crippen molar-refractivity contribution in [3.8, 4) is 5.75 Å². The highest BCUT2D eigenvalue weighted by Crippen LogP contribution is 2.27. The number of methoxy groups -OCH3 is 1. The molecule has 110 valence electrons. The molecule has 0 aromatic heterocycles. The van der Waals surface area contributed by atoms with Crippen molar-refractivity contribution in [1.29, 1.82) is 0 Å². The average molecular weight is 288 g/mol. The molecule has 1 unspecified atom stereocenters. The Balaban J connectivity index is 2.18. The van der Waals surface area contributed by atoms with E-state index in [4.69, 9.17) is 10.5 Å². The van der Waals surface area contributed by atoms with Crippen LogP contribution in [0.25, 0.3) is 0 Å². The monoisotopic (exact) mass is 288 g/mol. The van der Waals surface area contributed by atoms with Crippen LogP contribution in [0.3, 0.4) is 0 Å². The lowest BCUT2D eigenvalue weighted by atomic mass is 10.00. The van der Waals surface area contributed by atoms with Gasteiger partial charge in [0.2, 0.25) is 5.91 Å². The van der Waals surface area contributed by atoms with E-state index in [1.165, 1.54) is 25.3 Å². The van der Waals surface area contributed by atoms with Gasteiger partial charge < -0.3 is 15.8 Å². The van der Waals surface area contributed by atoms with Crippen molar-refractivity contribution in [2.45, 2.75) is 12.8 Å². The lowest BCUT2D eigenvalue weighted by Crippen LogP contribution is -2.19. The fourth-order valence-electron chi connectivity index (χ4n) is 1.99. The number of nitrogens with two attached hydrogens (primary N) is 1. The minimum absolute atomic E-state index is 0.217. The van der Waals surface area contributed by atoms with Crippen LogP contribution in [0.2, 0.25) is 0 Å². The second-order valence-electron chi connectivity index (χ2n) is 4.73. The summed E-state index contributed by atoms with van der Waals surface area (Å²) in [5, 5.41) is 2.73. The summed E-state index contributed by atoms with van der Waals surface area (Å²) in [7, 11) is 1.42. The topological polar surface area (TPSA) is 64.3 Å². The van der Waals surface area contributed by atoms with Gasteiger partial charge in [0.15, 0.2) is 0 Å². The van der Waals surface area contributed by atoms with Gasteiger partial charge in [-0.1, -0.05) is 12.1 Å². The maximum atomic E-state index is 13.1. The molecule has 0 saturated heterocycles. The number of halogens is 1. The van der Waals surface area contributed by atoms with E-state index in [-0.39, 0.29) is 17.6 Å². The van der Waals surface area contributed by atoms with Gasteiger partial charge in [-0.15, -0.1) is 0 Å². The zero-order valence-corrected chi connectivity index (χ0v) is 11.9. The first-order chi connectivity index (χ1) is 10.0. The minimum Gasteiger partial charge on any atom is -0.494 e. The molecule has 0 aliphatic heterocycles. The summed E-state index contributed by atoms with van der Waals surface area (Å²) >= 11 is 0. The van der Waals surface area contributed by atoms with E-state index in [0.717, 1.165) is 5.56 Å². The van der Waals surface area contributed by atoms with Crippen molar-refractivity contribution in [1.82, 2.24) is 0 Å². The van der Waals surface area contributed by atoms with Crippen molar-refractivity contribution in [3.05, 3.63) is 53.8 Å². The Labute approximate surface area is 122 Å². The molecule has 21 heavy (non-hydrogen) atoms. The van der Waals surface area contributed by atoms with Crippen LogP contribution in [0, 0.1) is 5.82 Å². The van der Waals surface area contributed by atoms with Crippen molar-refractivity contribution in [2.24, 2.45) is 0 Å². The number of nitrogens with one attached hydrogen (secondary N) is 1. The molecule has 0 radical (unpaired) electrons. The van der Waals surface area contributed by atoms with Crippen LogP contribution in [0.4, 0.5) is 15.8 Å². The lowest BCUT2D eigenvalue weighted by Gasteiger charge is -2.15. The van der Waals surface area contributed by atoms with E-state index < -0.39 is 5.82 Å². The minimum atomic E-state index is -0.422. The summed E-state index contributed by atoms with van der Waals surface area (Å²) < 4.78 is 18.2. The number of ether oxygens (including phenoxy) is 1. The molecule has 0 saturated carbocycles. The Hall–Kier alpha value is -2.56. The molecule has 0 bridgehead atoms. The highest BCUT2D eigenvalue weighted by atomic mass is 19.1. The number of carbonyl (C=O) groups is 1. The summed E-state index contributed by atoms with van der Waals surface area (Å²) in [4.78, 5) is 12.3. The summed E-state index contributed by atoms with van der Waals surface area (Å²) in [5.41, 5.74) is 7.57. The molecule has 0 fully saturated rings. The fourth-order valence-corrected chi connectivity index (χ4v) is 1.99. The lowest BCUT2D eigenvalue weighted by molar-refractivity contribution is -0.117. The van der Waals surface area contributed by atoms with Crippen molar-refractivity contribution < 1.29 is 13.9 Å². The standard InChI is InChI=1S/C16H17FN2O2/c1-10(11-4-3-5-13(18)8-11)16(20)19-14-7-6-12(17)9-15(14)21-2/h3-10H,18H2,1-2H3,(H,19,20). The quantitative estimate of drug-likeness (QED) is 0.849. The second-order valence-corrected chi connectivity index (χ2v) is 4.73.